The van der Waals surface area contributed by atoms with E-state index in [2.05, 4.69) is 71.3 Å². The SMILES string of the molecule is CCC(C)NCCN(C)Cc1cccc(Br)c1. The zero-order valence-electron chi connectivity index (χ0n) is 11.0. The summed E-state index contributed by atoms with van der Waals surface area (Å²) in [4.78, 5) is 2.34. The molecule has 0 amide bonds. The van der Waals surface area contributed by atoms with E-state index in [4.69, 9.17) is 0 Å². The minimum atomic E-state index is 0.620. The van der Waals surface area contributed by atoms with Gasteiger partial charge in [0, 0.05) is 30.1 Å². The van der Waals surface area contributed by atoms with E-state index >= 15 is 0 Å². The van der Waals surface area contributed by atoms with Crippen LogP contribution in [-0.2, 0) is 6.54 Å². The lowest BCUT2D eigenvalue weighted by Crippen LogP contribution is -2.33. The van der Waals surface area contributed by atoms with Crippen LogP contribution in [0.25, 0.3) is 0 Å². The maximum atomic E-state index is 3.51. The van der Waals surface area contributed by atoms with Crippen LogP contribution in [0.2, 0.25) is 0 Å². The van der Waals surface area contributed by atoms with Crippen molar-refractivity contribution in [2.45, 2.75) is 32.9 Å². The fourth-order valence-corrected chi connectivity index (χ4v) is 2.12. The maximum absolute atomic E-state index is 3.51. The highest BCUT2D eigenvalue weighted by atomic mass is 79.9. The molecule has 1 aromatic carbocycles. The second-order valence-corrected chi connectivity index (χ2v) is 5.55. The Bertz CT molecular complexity index is 328. The van der Waals surface area contributed by atoms with Crippen molar-refractivity contribution in [1.82, 2.24) is 10.2 Å². The van der Waals surface area contributed by atoms with Gasteiger partial charge >= 0.3 is 0 Å². The van der Waals surface area contributed by atoms with Crippen LogP contribution in [0, 0.1) is 0 Å². The number of rotatable bonds is 7. The van der Waals surface area contributed by atoms with Gasteiger partial charge in [-0.05, 0) is 38.1 Å². The Hall–Kier alpha value is -0.380. The Morgan fingerprint density at radius 1 is 1.41 bits per heavy atom. The van der Waals surface area contributed by atoms with E-state index in [9.17, 15) is 0 Å². The van der Waals surface area contributed by atoms with E-state index in [0.29, 0.717) is 6.04 Å². The molecule has 1 N–H and O–H groups in total. The summed E-state index contributed by atoms with van der Waals surface area (Å²) < 4.78 is 1.15. The Labute approximate surface area is 114 Å². The monoisotopic (exact) mass is 298 g/mol. The van der Waals surface area contributed by atoms with Gasteiger partial charge in [-0.1, -0.05) is 35.0 Å². The molecule has 0 saturated heterocycles. The number of nitrogens with zero attached hydrogens (tertiary/aromatic N) is 1. The van der Waals surface area contributed by atoms with Crippen LogP contribution < -0.4 is 5.32 Å². The Kier molecular flexibility index (Phi) is 6.78. The van der Waals surface area contributed by atoms with E-state index in [1.165, 1.54) is 12.0 Å². The molecule has 0 aromatic heterocycles. The molecule has 0 radical (unpaired) electrons. The highest BCUT2D eigenvalue weighted by Gasteiger charge is 2.02. The molecule has 0 fully saturated rings. The van der Waals surface area contributed by atoms with Crippen molar-refractivity contribution in [2.24, 2.45) is 0 Å². The zero-order chi connectivity index (χ0) is 12.7. The lowest BCUT2D eigenvalue weighted by atomic mass is 10.2. The van der Waals surface area contributed by atoms with Crippen molar-refractivity contribution in [3.8, 4) is 0 Å². The van der Waals surface area contributed by atoms with E-state index in [1.807, 2.05) is 0 Å². The molecule has 1 atom stereocenters. The third kappa shape index (κ3) is 6.20. The molecular weight excluding hydrogens is 276 g/mol. The van der Waals surface area contributed by atoms with Gasteiger partial charge < -0.3 is 10.2 Å². The van der Waals surface area contributed by atoms with Crippen molar-refractivity contribution in [1.29, 1.82) is 0 Å². The van der Waals surface area contributed by atoms with Gasteiger partial charge in [0.25, 0.3) is 0 Å². The molecule has 3 heteroatoms. The van der Waals surface area contributed by atoms with Crippen LogP contribution in [0.1, 0.15) is 25.8 Å². The highest BCUT2D eigenvalue weighted by molar-refractivity contribution is 9.10. The quantitative estimate of drug-likeness (QED) is 0.831. The van der Waals surface area contributed by atoms with E-state index in [0.717, 1.165) is 24.1 Å². The minimum absolute atomic E-state index is 0.620. The predicted molar refractivity (Wildman–Crippen MR) is 78.2 cm³/mol. The Balaban J connectivity index is 2.27. The van der Waals surface area contributed by atoms with Crippen molar-refractivity contribution < 1.29 is 0 Å². The topological polar surface area (TPSA) is 15.3 Å². The fourth-order valence-electron chi connectivity index (χ4n) is 1.67. The number of likely N-dealkylation sites (N-methyl/N-ethyl adjacent to an activating group) is 1. The van der Waals surface area contributed by atoms with E-state index in [1.54, 1.807) is 0 Å². The first-order valence-electron chi connectivity index (χ1n) is 6.28. The molecule has 0 heterocycles. The van der Waals surface area contributed by atoms with E-state index in [-0.39, 0.29) is 0 Å². The molecule has 0 aliphatic heterocycles. The third-order valence-electron chi connectivity index (χ3n) is 2.94. The average molecular weight is 299 g/mol. The number of hydrogen-bond donors (Lipinski definition) is 1. The van der Waals surface area contributed by atoms with Gasteiger partial charge in [-0.2, -0.15) is 0 Å². The molecule has 0 aliphatic carbocycles. The second-order valence-electron chi connectivity index (χ2n) is 4.63. The molecule has 0 saturated carbocycles. The molecular formula is C14H23BrN2. The Morgan fingerprint density at radius 3 is 2.82 bits per heavy atom. The average Bonchev–Trinajstić information content (AvgIpc) is 2.28. The summed E-state index contributed by atoms with van der Waals surface area (Å²) in [6, 6.07) is 9.12. The van der Waals surface area contributed by atoms with Gasteiger partial charge in [-0.25, -0.2) is 0 Å². The van der Waals surface area contributed by atoms with Crippen LogP contribution in [0.3, 0.4) is 0 Å². The van der Waals surface area contributed by atoms with Crippen molar-refractivity contribution in [3.05, 3.63) is 34.3 Å². The molecule has 0 bridgehead atoms. The first kappa shape index (κ1) is 14.7. The van der Waals surface area contributed by atoms with Gasteiger partial charge in [0.15, 0.2) is 0 Å². The third-order valence-corrected chi connectivity index (χ3v) is 3.43. The predicted octanol–water partition coefficient (Wildman–Crippen LogP) is 3.27. The zero-order valence-corrected chi connectivity index (χ0v) is 12.6. The summed E-state index contributed by atoms with van der Waals surface area (Å²) in [5, 5.41) is 3.51. The largest absolute Gasteiger partial charge is 0.313 e. The second kappa shape index (κ2) is 7.85. The van der Waals surface area contributed by atoms with Gasteiger partial charge in [-0.15, -0.1) is 0 Å². The molecule has 1 aromatic rings. The molecule has 0 aliphatic rings. The summed E-state index contributed by atoms with van der Waals surface area (Å²) in [5.74, 6) is 0. The summed E-state index contributed by atoms with van der Waals surface area (Å²) in [6.45, 7) is 7.58. The number of benzene rings is 1. The van der Waals surface area contributed by atoms with Crippen molar-refractivity contribution >= 4 is 15.9 Å². The molecule has 2 nitrogen and oxygen atoms in total. The fraction of sp³-hybridized carbons (Fsp3) is 0.571. The highest BCUT2D eigenvalue weighted by Crippen LogP contribution is 2.12. The van der Waals surface area contributed by atoms with Crippen molar-refractivity contribution in [3.63, 3.8) is 0 Å². The summed E-state index contributed by atoms with van der Waals surface area (Å²) in [7, 11) is 2.17. The molecule has 0 spiro atoms. The van der Waals surface area contributed by atoms with Gasteiger partial charge in [0.2, 0.25) is 0 Å². The van der Waals surface area contributed by atoms with Crippen LogP contribution in [0.4, 0.5) is 0 Å². The van der Waals surface area contributed by atoms with E-state index < -0.39 is 0 Å². The molecule has 17 heavy (non-hydrogen) atoms. The summed E-state index contributed by atoms with van der Waals surface area (Å²) >= 11 is 3.50. The first-order chi connectivity index (χ1) is 8.11. The molecule has 96 valence electrons. The maximum Gasteiger partial charge on any atom is 0.0231 e. The lowest BCUT2D eigenvalue weighted by Gasteiger charge is -2.19. The van der Waals surface area contributed by atoms with Crippen LogP contribution in [-0.4, -0.2) is 31.1 Å². The number of hydrogen-bond acceptors (Lipinski definition) is 2. The smallest absolute Gasteiger partial charge is 0.0231 e. The minimum Gasteiger partial charge on any atom is -0.313 e. The van der Waals surface area contributed by atoms with Gasteiger partial charge in [0.1, 0.15) is 0 Å². The van der Waals surface area contributed by atoms with Crippen LogP contribution >= 0.6 is 15.9 Å². The molecule has 1 rings (SSSR count). The van der Waals surface area contributed by atoms with Gasteiger partial charge in [-0.3, -0.25) is 0 Å². The normalized spacial score (nSPS) is 13.0. The van der Waals surface area contributed by atoms with Crippen LogP contribution in [0.15, 0.2) is 28.7 Å². The summed E-state index contributed by atoms with van der Waals surface area (Å²) in [6.07, 6.45) is 1.19. The summed E-state index contributed by atoms with van der Waals surface area (Å²) in [5.41, 5.74) is 1.35. The first-order valence-corrected chi connectivity index (χ1v) is 7.07. The Morgan fingerprint density at radius 2 is 2.18 bits per heavy atom. The van der Waals surface area contributed by atoms with Gasteiger partial charge in [0.05, 0.1) is 0 Å². The standard InChI is InChI=1S/C14H23BrN2/c1-4-12(2)16-8-9-17(3)11-13-6-5-7-14(15)10-13/h5-7,10,12,16H,4,8-9,11H2,1-3H3. The van der Waals surface area contributed by atoms with Crippen LogP contribution in [0.5, 0.6) is 0 Å². The van der Waals surface area contributed by atoms with Crippen molar-refractivity contribution in [2.75, 3.05) is 20.1 Å². The lowest BCUT2D eigenvalue weighted by molar-refractivity contribution is 0.317. The molecule has 1 unspecified atom stereocenters. The number of halogens is 1. The number of nitrogens with one attached hydrogen (secondary N) is 1.